The lowest BCUT2D eigenvalue weighted by Crippen LogP contribution is -2.04. The van der Waals surface area contributed by atoms with Crippen LogP contribution in [-0.2, 0) is 6.54 Å². The number of benzene rings is 1. The van der Waals surface area contributed by atoms with Crippen LogP contribution in [0.25, 0.3) is 11.0 Å². The number of para-hydroxylation sites is 2. The zero-order chi connectivity index (χ0) is 13.4. The van der Waals surface area contributed by atoms with Crippen molar-refractivity contribution in [2.24, 2.45) is 0 Å². The minimum absolute atomic E-state index is 0.101. The second-order valence-electron chi connectivity index (χ2n) is 4.37. The van der Waals surface area contributed by atoms with Gasteiger partial charge in [-0.25, -0.2) is 4.98 Å². The highest BCUT2D eigenvalue weighted by molar-refractivity contribution is 9.11. The fourth-order valence-electron chi connectivity index (χ4n) is 2.16. The van der Waals surface area contributed by atoms with Crippen molar-refractivity contribution >= 4 is 49.9 Å². The first-order valence-corrected chi connectivity index (χ1v) is 8.03. The minimum Gasteiger partial charge on any atom is -0.321 e. The molecule has 0 fully saturated rings. The molecule has 0 N–H and O–H groups in total. The second kappa shape index (κ2) is 5.27. The first-order valence-electron chi connectivity index (χ1n) is 5.98. The lowest BCUT2D eigenvalue weighted by Gasteiger charge is -2.09. The quantitative estimate of drug-likeness (QED) is 0.590. The molecule has 3 rings (SSSR count). The molecule has 1 unspecified atom stereocenters. The Bertz CT molecular complexity index is 717. The highest BCUT2D eigenvalue weighted by Gasteiger charge is 2.15. The maximum absolute atomic E-state index is 6.26. The summed E-state index contributed by atoms with van der Waals surface area (Å²) in [5.41, 5.74) is 2.13. The van der Waals surface area contributed by atoms with E-state index >= 15 is 0 Å². The van der Waals surface area contributed by atoms with Crippen LogP contribution in [-0.4, -0.2) is 9.55 Å². The number of hydrogen-bond donors (Lipinski definition) is 0. The molecule has 2 aromatic heterocycles. The van der Waals surface area contributed by atoms with Crippen LogP contribution in [0.4, 0.5) is 0 Å². The van der Waals surface area contributed by atoms with Gasteiger partial charge in [-0.1, -0.05) is 12.1 Å². The Morgan fingerprint density at radius 3 is 2.79 bits per heavy atom. The lowest BCUT2D eigenvalue weighted by atomic mass is 10.3. The summed E-state index contributed by atoms with van der Waals surface area (Å²) in [4.78, 5) is 5.92. The number of thiophene rings is 1. The summed E-state index contributed by atoms with van der Waals surface area (Å²) < 4.78 is 3.35. The summed E-state index contributed by atoms with van der Waals surface area (Å²) in [7, 11) is 0. The molecule has 2 heterocycles. The summed E-state index contributed by atoms with van der Waals surface area (Å²) in [6, 6.07) is 12.4. The van der Waals surface area contributed by atoms with Crippen molar-refractivity contribution in [1.29, 1.82) is 0 Å². The van der Waals surface area contributed by atoms with Gasteiger partial charge in [0.2, 0.25) is 0 Å². The van der Waals surface area contributed by atoms with Crippen molar-refractivity contribution in [3.63, 3.8) is 0 Å². The number of rotatable bonds is 3. The Kier molecular flexibility index (Phi) is 3.65. The molecule has 0 radical (unpaired) electrons. The molecule has 1 atom stereocenters. The average molecular weight is 356 g/mol. The van der Waals surface area contributed by atoms with E-state index in [9.17, 15) is 0 Å². The van der Waals surface area contributed by atoms with Gasteiger partial charge in [-0.15, -0.1) is 22.9 Å². The van der Waals surface area contributed by atoms with E-state index in [-0.39, 0.29) is 5.38 Å². The largest absolute Gasteiger partial charge is 0.321 e. The Balaban J connectivity index is 2.12. The maximum Gasteiger partial charge on any atom is 0.128 e. The van der Waals surface area contributed by atoms with Gasteiger partial charge < -0.3 is 4.57 Å². The Labute approximate surface area is 129 Å². The first kappa shape index (κ1) is 13.2. The van der Waals surface area contributed by atoms with Crippen LogP contribution in [0.15, 0.2) is 40.2 Å². The third kappa shape index (κ3) is 2.57. The van der Waals surface area contributed by atoms with Gasteiger partial charge in [0, 0.05) is 4.88 Å². The molecule has 0 spiro atoms. The summed E-state index contributed by atoms with van der Waals surface area (Å²) in [5.74, 6) is 0.924. The number of fused-ring (bicyclic) bond motifs is 1. The molecule has 3 aromatic rings. The summed E-state index contributed by atoms with van der Waals surface area (Å²) in [5, 5.41) is -0.101. The Morgan fingerprint density at radius 2 is 2.11 bits per heavy atom. The van der Waals surface area contributed by atoms with Crippen LogP contribution >= 0.6 is 38.9 Å². The number of hydrogen-bond acceptors (Lipinski definition) is 2. The number of alkyl halides is 1. The Hall–Kier alpha value is -0.840. The van der Waals surface area contributed by atoms with Crippen molar-refractivity contribution in [2.45, 2.75) is 18.8 Å². The van der Waals surface area contributed by atoms with Gasteiger partial charge in [0.15, 0.2) is 0 Å². The molecular formula is C14H12BrClN2S. The molecule has 0 aliphatic rings. The molecule has 1 aromatic carbocycles. The number of nitrogens with zero attached hydrogens (tertiary/aromatic N) is 2. The molecule has 5 heteroatoms. The highest BCUT2D eigenvalue weighted by atomic mass is 79.9. The predicted octanol–water partition coefficient (Wildman–Crippen LogP) is 5.21. The lowest BCUT2D eigenvalue weighted by molar-refractivity contribution is 0.750. The number of aromatic nitrogens is 2. The average Bonchev–Trinajstić information content (AvgIpc) is 2.95. The Morgan fingerprint density at radius 1 is 1.32 bits per heavy atom. The standard InChI is InChI=1S/C14H12BrClN2S/c1-9(16)14-17-11-4-2-3-5-12(11)18(14)8-10-6-7-13(15)19-10/h2-7,9H,8H2,1H3. The van der Waals surface area contributed by atoms with E-state index in [4.69, 9.17) is 11.6 Å². The SMILES string of the molecule is CC(Cl)c1nc2ccccc2n1Cc1ccc(Br)s1. The van der Waals surface area contributed by atoms with Crippen molar-refractivity contribution in [3.05, 3.63) is 50.9 Å². The maximum atomic E-state index is 6.26. The van der Waals surface area contributed by atoms with Crippen molar-refractivity contribution < 1.29 is 0 Å². The van der Waals surface area contributed by atoms with E-state index in [2.05, 4.69) is 43.7 Å². The van der Waals surface area contributed by atoms with E-state index in [1.54, 1.807) is 11.3 Å². The van der Waals surface area contributed by atoms with Gasteiger partial charge >= 0.3 is 0 Å². The molecule has 0 aliphatic carbocycles. The fourth-order valence-corrected chi connectivity index (χ4v) is 3.80. The van der Waals surface area contributed by atoms with E-state index in [0.717, 1.165) is 27.2 Å². The van der Waals surface area contributed by atoms with Gasteiger partial charge in [-0.05, 0) is 47.1 Å². The predicted molar refractivity (Wildman–Crippen MR) is 85.1 cm³/mol. The highest BCUT2D eigenvalue weighted by Crippen LogP contribution is 2.28. The summed E-state index contributed by atoms with van der Waals surface area (Å²) >= 11 is 11.5. The molecule has 2 nitrogen and oxygen atoms in total. The van der Waals surface area contributed by atoms with Crippen LogP contribution in [0.3, 0.4) is 0 Å². The molecular weight excluding hydrogens is 344 g/mol. The van der Waals surface area contributed by atoms with Crippen molar-refractivity contribution in [3.8, 4) is 0 Å². The van der Waals surface area contributed by atoms with Gasteiger partial charge in [-0.3, -0.25) is 0 Å². The normalized spacial score (nSPS) is 13.0. The third-order valence-corrected chi connectivity index (χ3v) is 4.79. The first-order chi connectivity index (χ1) is 9.15. The van der Waals surface area contributed by atoms with Gasteiger partial charge in [0.05, 0.1) is 26.7 Å². The second-order valence-corrected chi connectivity index (χ2v) is 7.57. The summed E-state index contributed by atoms with van der Waals surface area (Å²) in [6.07, 6.45) is 0. The zero-order valence-electron chi connectivity index (χ0n) is 10.3. The van der Waals surface area contributed by atoms with Crippen molar-refractivity contribution in [1.82, 2.24) is 9.55 Å². The minimum atomic E-state index is -0.101. The topological polar surface area (TPSA) is 17.8 Å². The van der Waals surface area contributed by atoms with Crippen LogP contribution < -0.4 is 0 Å². The van der Waals surface area contributed by atoms with Crippen molar-refractivity contribution in [2.75, 3.05) is 0 Å². The van der Waals surface area contributed by atoms with Gasteiger partial charge in [0.1, 0.15) is 5.82 Å². The van der Waals surface area contributed by atoms with E-state index in [0.29, 0.717) is 0 Å². The van der Waals surface area contributed by atoms with Gasteiger partial charge in [-0.2, -0.15) is 0 Å². The van der Waals surface area contributed by atoms with Gasteiger partial charge in [0.25, 0.3) is 0 Å². The third-order valence-electron chi connectivity index (χ3n) is 2.98. The molecule has 0 amide bonds. The smallest absolute Gasteiger partial charge is 0.128 e. The fraction of sp³-hybridized carbons (Fsp3) is 0.214. The molecule has 0 bridgehead atoms. The van der Waals surface area contributed by atoms with Crippen LogP contribution in [0, 0.1) is 0 Å². The molecule has 19 heavy (non-hydrogen) atoms. The van der Waals surface area contributed by atoms with E-state index in [1.165, 1.54) is 4.88 Å². The zero-order valence-corrected chi connectivity index (χ0v) is 13.5. The molecule has 0 saturated heterocycles. The van der Waals surface area contributed by atoms with E-state index in [1.807, 2.05) is 25.1 Å². The molecule has 0 aliphatic heterocycles. The summed E-state index contributed by atoms with van der Waals surface area (Å²) in [6.45, 7) is 2.77. The number of halogens is 2. The van der Waals surface area contributed by atoms with Crippen LogP contribution in [0.5, 0.6) is 0 Å². The van der Waals surface area contributed by atoms with Crippen LogP contribution in [0.1, 0.15) is 23.0 Å². The van der Waals surface area contributed by atoms with E-state index < -0.39 is 0 Å². The van der Waals surface area contributed by atoms with Crippen LogP contribution in [0.2, 0.25) is 0 Å². The molecule has 0 saturated carbocycles. The monoisotopic (exact) mass is 354 g/mol. The number of imidazole rings is 1. The molecule has 98 valence electrons.